The van der Waals surface area contributed by atoms with Gasteiger partial charge in [-0.05, 0) is 80.3 Å². The van der Waals surface area contributed by atoms with E-state index in [1.54, 1.807) is 0 Å². The molecule has 42 heavy (non-hydrogen) atoms. The van der Waals surface area contributed by atoms with Crippen LogP contribution in [0.3, 0.4) is 0 Å². The maximum Gasteiger partial charge on any atom is 0.314 e. The number of carbonyl (C=O) groups is 2. The lowest BCUT2D eigenvalue weighted by atomic mass is 9.76. The van der Waals surface area contributed by atoms with E-state index in [-0.39, 0.29) is 37.0 Å². The Hall–Kier alpha value is -4.18. The highest BCUT2D eigenvalue weighted by molar-refractivity contribution is 5.93. The zero-order chi connectivity index (χ0) is 29.4. The van der Waals surface area contributed by atoms with Gasteiger partial charge in [-0.25, -0.2) is 0 Å². The van der Waals surface area contributed by atoms with E-state index >= 15 is 0 Å². The van der Waals surface area contributed by atoms with Crippen LogP contribution in [0.5, 0.6) is 0 Å². The summed E-state index contributed by atoms with van der Waals surface area (Å²) in [4.78, 5) is 28.5. The molecule has 0 saturated heterocycles. The van der Waals surface area contributed by atoms with Crippen LogP contribution in [-0.4, -0.2) is 25.2 Å². The quantitative estimate of drug-likeness (QED) is 0.168. The molecule has 2 aliphatic rings. The van der Waals surface area contributed by atoms with E-state index < -0.39 is 11.8 Å². The van der Waals surface area contributed by atoms with Gasteiger partial charge in [0.2, 0.25) is 0 Å². The van der Waals surface area contributed by atoms with E-state index in [0.717, 1.165) is 33.4 Å². The summed E-state index contributed by atoms with van der Waals surface area (Å²) < 4.78 is 11.9. The number of esters is 2. The van der Waals surface area contributed by atoms with Crippen LogP contribution in [0.15, 0.2) is 84.9 Å². The van der Waals surface area contributed by atoms with E-state index in [9.17, 15) is 9.59 Å². The first-order valence-electron chi connectivity index (χ1n) is 15.1. The molecular weight excluding hydrogens is 520 g/mol. The molecule has 4 nitrogen and oxygen atoms in total. The van der Waals surface area contributed by atoms with E-state index in [0.29, 0.717) is 12.8 Å². The van der Waals surface area contributed by atoms with Gasteiger partial charge in [-0.3, -0.25) is 9.59 Å². The molecule has 2 atom stereocenters. The van der Waals surface area contributed by atoms with Gasteiger partial charge in [-0.2, -0.15) is 0 Å². The van der Waals surface area contributed by atoms with Crippen molar-refractivity contribution in [1.29, 1.82) is 0 Å². The number of carbonyl (C=O) groups excluding carboxylic acids is 2. The largest absolute Gasteiger partial charge is 0.465 e. The summed E-state index contributed by atoms with van der Waals surface area (Å²) in [5, 5.41) is 0. The van der Waals surface area contributed by atoms with Gasteiger partial charge in [0.15, 0.2) is 0 Å². The van der Waals surface area contributed by atoms with Crippen LogP contribution in [0.1, 0.15) is 72.9 Å². The van der Waals surface area contributed by atoms with Gasteiger partial charge in [-0.15, -0.1) is 0 Å². The summed E-state index contributed by atoms with van der Waals surface area (Å²) in [5.74, 6) is -2.12. The minimum absolute atomic E-state index is 0.169. The molecule has 0 fully saturated rings. The lowest BCUT2D eigenvalue weighted by Crippen LogP contribution is -2.32. The first-order valence-corrected chi connectivity index (χ1v) is 15.1. The Morgan fingerprint density at radius 1 is 0.548 bits per heavy atom. The molecule has 0 bridgehead atoms. The molecule has 0 spiro atoms. The van der Waals surface area contributed by atoms with Gasteiger partial charge in [0.05, 0.1) is 25.0 Å². The summed E-state index contributed by atoms with van der Waals surface area (Å²) in [6, 6.07) is 29.0. The number of rotatable bonds is 9. The van der Waals surface area contributed by atoms with Crippen molar-refractivity contribution in [2.75, 3.05) is 13.2 Å². The molecule has 0 radical (unpaired) electrons. The Morgan fingerprint density at radius 3 is 1.33 bits per heavy atom. The van der Waals surface area contributed by atoms with Crippen molar-refractivity contribution in [3.05, 3.63) is 118 Å². The predicted molar refractivity (Wildman–Crippen MR) is 166 cm³/mol. The third kappa shape index (κ3) is 5.15. The Balaban J connectivity index is 1.53. The fourth-order valence-corrected chi connectivity index (χ4v) is 6.51. The summed E-state index contributed by atoms with van der Waals surface area (Å²) in [7, 11) is 0. The lowest BCUT2D eigenvalue weighted by Gasteiger charge is -2.29. The van der Waals surface area contributed by atoms with Crippen LogP contribution in [0.4, 0.5) is 0 Å². The molecule has 0 N–H and O–H groups in total. The monoisotopic (exact) mass is 558 g/mol. The van der Waals surface area contributed by atoms with Crippen LogP contribution in [0.2, 0.25) is 0 Å². The Bertz CT molecular complexity index is 1520. The Kier molecular flexibility index (Phi) is 7.72. The highest BCUT2D eigenvalue weighted by atomic mass is 16.5. The number of fused-ring (bicyclic) bond motifs is 6. The van der Waals surface area contributed by atoms with Crippen LogP contribution >= 0.6 is 0 Å². The Morgan fingerprint density at radius 2 is 0.929 bits per heavy atom. The second-order valence-electron chi connectivity index (χ2n) is 12.4. The standard InChI is InChI=1S/C38H38O4/c1-23(2)21-41-37(39)35(31-17-9-15-29-27-13-7-5-11-25(27)19-33(29)31)36(38(40)42-22-24(3)4)32-18-10-16-30-28-14-8-6-12-26(28)20-34(30)32/h5-18,23-24,35-36H,19-22H2,1-4H3. The van der Waals surface area contributed by atoms with Crippen molar-refractivity contribution in [3.63, 3.8) is 0 Å². The van der Waals surface area contributed by atoms with E-state index in [1.807, 2.05) is 64.1 Å². The predicted octanol–water partition coefficient (Wildman–Crippen LogP) is 8.09. The molecule has 0 aromatic heterocycles. The first-order chi connectivity index (χ1) is 20.3. The van der Waals surface area contributed by atoms with Gasteiger partial charge in [0.25, 0.3) is 0 Å². The third-order valence-electron chi connectivity index (χ3n) is 8.40. The fraction of sp³-hybridized carbons (Fsp3) is 0.316. The number of hydrogen-bond donors (Lipinski definition) is 0. The molecule has 4 heteroatoms. The molecule has 0 heterocycles. The molecule has 0 aliphatic heterocycles. The molecule has 0 amide bonds. The van der Waals surface area contributed by atoms with Crippen molar-refractivity contribution in [2.24, 2.45) is 11.8 Å². The van der Waals surface area contributed by atoms with Gasteiger partial charge in [0, 0.05) is 0 Å². The zero-order valence-electron chi connectivity index (χ0n) is 24.9. The van der Waals surface area contributed by atoms with Crippen molar-refractivity contribution >= 4 is 11.9 Å². The highest BCUT2D eigenvalue weighted by Crippen LogP contribution is 2.47. The summed E-state index contributed by atoms with van der Waals surface area (Å²) in [6.45, 7) is 8.67. The topological polar surface area (TPSA) is 52.6 Å². The Labute approximate surface area is 248 Å². The molecule has 214 valence electrons. The highest BCUT2D eigenvalue weighted by Gasteiger charge is 2.43. The maximum atomic E-state index is 14.3. The van der Waals surface area contributed by atoms with Gasteiger partial charge < -0.3 is 9.47 Å². The van der Waals surface area contributed by atoms with Crippen molar-refractivity contribution in [1.82, 2.24) is 0 Å². The van der Waals surface area contributed by atoms with E-state index in [1.165, 1.54) is 22.3 Å². The number of ether oxygens (including phenoxy) is 2. The number of hydrogen-bond acceptors (Lipinski definition) is 4. The van der Waals surface area contributed by atoms with Crippen molar-refractivity contribution in [2.45, 2.75) is 52.4 Å². The normalized spacial score (nSPS) is 14.1. The smallest absolute Gasteiger partial charge is 0.314 e. The fourth-order valence-electron chi connectivity index (χ4n) is 6.51. The van der Waals surface area contributed by atoms with Gasteiger partial charge >= 0.3 is 11.9 Å². The third-order valence-corrected chi connectivity index (χ3v) is 8.40. The average Bonchev–Trinajstić information content (AvgIpc) is 3.56. The maximum absolute atomic E-state index is 14.3. The zero-order valence-corrected chi connectivity index (χ0v) is 24.9. The number of benzene rings is 4. The summed E-state index contributed by atoms with van der Waals surface area (Å²) in [5.41, 5.74) is 10.9. The molecule has 4 aromatic carbocycles. The molecule has 2 unspecified atom stereocenters. The van der Waals surface area contributed by atoms with Crippen molar-refractivity contribution in [3.8, 4) is 22.3 Å². The van der Waals surface area contributed by atoms with Crippen LogP contribution in [-0.2, 0) is 31.9 Å². The first kappa shape index (κ1) is 28.0. The molecule has 0 saturated carbocycles. The minimum Gasteiger partial charge on any atom is -0.465 e. The lowest BCUT2D eigenvalue weighted by molar-refractivity contribution is -0.155. The van der Waals surface area contributed by atoms with Crippen LogP contribution < -0.4 is 0 Å². The average molecular weight is 559 g/mol. The van der Waals surface area contributed by atoms with Gasteiger partial charge in [-0.1, -0.05) is 113 Å². The van der Waals surface area contributed by atoms with Crippen LogP contribution in [0.25, 0.3) is 22.3 Å². The second kappa shape index (κ2) is 11.6. The molecule has 2 aliphatic carbocycles. The van der Waals surface area contributed by atoms with Crippen molar-refractivity contribution < 1.29 is 19.1 Å². The van der Waals surface area contributed by atoms with Gasteiger partial charge in [0.1, 0.15) is 0 Å². The summed E-state index contributed by atoms with van der Waals surface area (Å²) >= 11 is 0. The molecule has 6 rings (SSSR count). The molecular formula is C38H38O4. The minimum atomic E-state index is -0.845. The van der Waals surface area contributed by atoms with E-state index in [2.05, 4.69) is 48.5 Å². The second-order valence-corrected chi connectivity index (χ2v) is 12.4. The molecule has 4 aromatic rings. The van der Waals surface area contributed by atoms with E-state index in [4.69, 9.17) is 9.47 Å². The van der Waals surface area contributed by atoms with Crippen LogP contribution in [0, 0.1) is 11.8 Å². The SMILES string of the molecule is CC(C)COC(=O)C(c1cccc2c1Cc1ccccc1-2)C(C(=O)OCC(C)C)c1cccc2c1Cc1ccccc1-2. The summed E-state index contributed by atoms with van der Waals surface area (Å²) in [6.07, 6.45) is 1.42.